The molecule has 1 aliphatic rings. The van der Waals surface area contributed by atoms with Gasteiger partial charge in [0.15, 0.2) is 0 Å². The van der Waals surface area contributed by atoms with Gasteiger partial charge in [0.1, 0.15) is 0 Å². The maximum Gasteiger partial charge on any atom is 0.235 e. The fraction of sp³-hybridized carbons (Fsp3) is 0.750. The summed E-state index contributed by atoms with van der Waals surface area (Å²) in [5, 5.41) is 1.01. The molecule has 4 unspecified atom stereocenters. The van der Waals surface area contributed by atoms with Crippen LogP contribution in [0.5, 0.6) is 0 Å². The van der Waals surface area contributed by atoms with Crippen molar-refractivity contribution in [1.82, 2.24) is 0 Å². The SMILES string of the molecule is O=C=NCSC(CN=C=O)SCC1CSC(CSC(CN=C=O)SCN=C=O)CS1. The van der Waals surface area contributed by atoms with Crippen molar-refractivity contribution in [3.63, 3.8) is 0 Å². The Labute approximate surface area is 200 Å². The minimum absolute atomic E-state index is 0.0626. The van der Waals surface area contributed by atoms with Crippen molar-refractivity contribution in [2.24, 2.45) is 20.0 Å². The van der Waals surface area contributed by atoms with Crippen LogP contribution in [0.1, 0.15) is 0 Å². The van der Waals surface area contributed by atoms with E-state index in [9.17, 15) is 19.2 Å². The maximum atomic E-state index is 10.4. The molecule has 14 heteroatoms. The Balaban J connectivity index is 2.34. The molecule has 0 spiro atoms. The first-order valence-electron chi connectivity index (χ1n) is 8.57. The lowest BCUT2D eigenvalue weighted by Crippen LogP contribution is -2.26. The molecule has 0 amide bonds. The molecule has 164 valence electrons. The van der Waals surface area contributed by atoms with Gasteiger partial charge in [-0.15, -0.1) is 47.0 Å². The van der Waals surface area contributed by atoms with Crippen LogP contribution in [0.4, 0.5) is 0 Å². The predicted octanol–water partition coefficient (Wildman–Crippen LogP) is 3.05. The second-order valence-electron chi connectivity index (χ2n) is 5.39. The largest absolute Gasteiger partial charge is 0.235 e. The number of thioether (sulfide) groups is 6. The Kier molecular flexibility index (Phi) is 17.8. The summed E-state index contributed by atoms with van der Waals surface area (Å²) >= 11 is 10.3. The second kappa shape index (κ2) is 19.3. The monoisotopic (exact) mass is 524 g/mol. The highest BCUT2D eigenvalue weighted by molar-refractivity contribution is 8.18. The number of isocyanates is 4. The summed E-state index contributed by atoms with van der Waals surface area (Å²) < 4.78 is 0.125. The van der Waals surface area contributed by atoms with Crippen molar-refractivity contribution in [2.45, 2.75) is 19.7 Å². The van der Waals surface area contributed by atoms with Gasteiger partial charge in [-0.3, -0.25) is 0 Å². The second-order valence-corrected chi connectivity index (χ2v) is 13.4. The molecule has 0 aromatic heterocycles. The molecule has 1 rings (SSSR count). The molecule has 1 saturated heterocycles. The summed E-state index contributed by atoms with van der Waals surface area (Å²) in [5.74, 6) is 4.56. The van der Waals surface area contributed by atoms with Crippen molar-refractivity contribution in [3.05, 3.63) is 0 Å². The van der Waals surface area contributed by atoms with Crippen LogP contribution < -0.4 is 0 Å². The lowest BCUT2D eigenvalue weighted by atomic mass is 10.5. The average Bonchev–Trinajstić information content (AvgIpc) is 2.77. The minimum atomic E-state index is 0.0626. The van der Waals surface area contributed by atoms with Crippen LogP contribution in [0.15, 0.2) is 20.0 Å². The Hall–Kier alpha value is -0.380. The molecule has 0 radical (unpaired) electrons. The first kappa shape index (κ1) is 27.7. The molecule has 0 aromatic carbocycles. The molecule has 0 aliphatic carbocycles. The number of nitrogens with zero attached hydrogens (tertiary/aromatic N) is 4. The van der Waals surface area contributed by atoms with E-state index in [4.69, 9.17) is 0 Å². The Morgan fingerprint density at radius 3 is 1.40 bits per heavy atom. The molecule has 4 atom stereocenters. The third kappa shape index (κ3) is 13.8. The fourth-order valence-corrected chi connectivity index (χ4v) is 10.0. The summed E-state index contributed by atoms with van der Waals surface area (Å²) in [4.78, 5) is 55.5. The highest BCUT2D eigenvalue weighted by atomic mass is 32.2. The van der Waals surface area contributed by atoms with E-state index in [-0.39, 0.29) is 9.16 Å². The predicted molar refractivity (Wildman–Crippen MR) is 132 cm³/mol. The Morgan fingerprint density at radius 1 is 0.667 bits per heavy atom. The van der Waals surface area contributed by atoms with Crippen molar-refractivity contribution in [3.8, 4) is 0 Å². The van der Waals surface area contributed by atoms with Crippen LogP contribution in [0.3, 0.4) is 0 Å². The topological polar surface area (TPSA) is 118 Å². The van der Waals surface area contributed by atoms with Gasteiger partial charge in [0.2, 0.25) is 24.3 Å². The van der Waals surface area contributed by atoms with Gasteiger partial charge in [0.05, 0.1) is 34.0 Å². The van der Waals surface area contributed by atoms with E-state index in [2.05, 4.69) is 20.0 Å². The number of hydrogen-bond donors (Lipinski definition) is 0. The van der Waals surface area contributed by atoms with Gasteiger partial charge in [0.25, 0.3) is 0 Å². The fourth-order valence-electron chi connectivity index (χ4n) is 2.03. The highest BCUT2D eigenvalue weighted by Crippen LogP contribution is 2.37. The van der Waals surface area contributed by atoms with Gasteiger partial charge in [-0.2, -0.15) is 33.5 Å². The molecular weight excluding hydrogens is 505 g/mol. The molecule has 1 aliphatic heterocycles. The summed E-state index contributed by atoms with van der Waals surface area (Å²) in [5.41, 5.74) is 0. The van der Waals surface area contributed by atoms with Crippen LogP contribution in [-0.2, 0) is 19.2 Å². The normalized spacial score (nSPS) is 19.9. The zero-order valence-electron chi connectivity index (χ0n) is 15.8. The van der Waals surface area contributed by atoms with E-state index in [1.807, 2.05) is 23.5 Å². The number of rotatable bonds is 16. The first-order valence-corrected chi connectivity index (χ1v) is 14.9. The van der Waals surface area contributed by atoms with Crippen LogP contribution in [-0.4, -0.2) is 91.8 Å². The molecule has 0 bridgehead atoms. The van der Waals surface area contributed by atoms with E-state index < -0.39 is 0 Å². The average molecular weight is 525 g/mol. The first-order chi connectivity index (χ1) is 14.7. The third-order valence-electron chi connectivity index (χ3n) is 3.36. The molecule has 0 saturated carbocycles. The van der Waals surface area contributed by atoms with Gasteiger partial charge in [-0.1, -0.05) is 0 Å². The summed E-state index contributed by atoms with van der Waals surface area (Å²) in [6, 6.07) is 0. The van der Waals surface area contributed by atoms with Gasteiger partial charge >= 0.3 is 0 Å². The zero-order valence-corrected chi connectivity index (χ0v) is 20.7. The zero-order chi connectivity index (χ0) is 21.9. The Bertz CT molecular complexity index is 625. The van der Waals surface area contributed by atoms with Crippen molar-refractivity contribution < 1.29 is 19.2 Å². The molecule has 30 heavy (non-hydrogen) atoms. The van der Waals surface area contributed by atoms with Crippen LogP contribution in [0, 0.1) is 0 Å². The highest BCUT2D eigenvalue weighted by Gasteiger charge is 2.24. The van der Waals surface area contributed by atoms with Gasteiger partial charge in [0, 0.05) is 33.5 Å². The number of aliphatic imine (C=N–C) groups is 4. The van der Waals surface area contributed by atoms with Crippen molar-refractivity contribution >= 4 is 94.9 Å². The Morgan fingerprint density at radius 2 is 1.07 bits per heavy atom. The standard InChI is InChI=1S/C16H20N4O4S6/c21-7-17-1-15(29-11-19-9-23)27-5-13-3-26-14(4-25-13)6-28-16(2-18-8-22)30-12-20-10-24/h13-16H,1-6,11-12H2. The van der Waals surface area contributed by atoms with Gasteiger partial charge in [-0.05, 0) is 0 Å². The van der Waals surface area contributed by atoms with Crippen LogP contribution >= 0.6 is 70.6 Å². The van der Waals surface area contributed by atoms with E-state index in [1.165, 1.54) is 35.7 Å². The number of carbonyl (C=O) groups excluding carboxylic acids is 4. The lowest BCUT2D eigenvalue weighted by molar-refractivity contribution is 0.562. The van der Waals surface area contributed by atoms with Gasteiger partial charge in [-0.25, -0.2) is 29.2 Å². The van der Waals surface area contributed by atoms with Crippen LogP contribution in [0.2, 0.25) is 0 Å². The quantitative estimate of drug-likeness (QED) is 0.169. The van der Waals surface area contributed by atoms with Crippen LogP contribution in [0.25, 0.3) is 0 Å². The minimum Gasteiger partial charge on any atom is -0.211 e. The summed E-state index contributed by atoms with van der Waals surface area (Å²) in [6.45, 7) is 0.709. The molecule has 1 heterocycles. The van der Waals surface area contributed by atoms with E-state index in [0.717, 1.165) is 23.0 Å². The van der Waals surface area contributed by atoms with Crippen molar-refractivity contribution in [1.29, 1.82) is 0 Å². The summed E-state index contributed by atoms with van der Waals surface area (Å²) in [7, 11) is 0. The van der Waals surface area contributed by atoms with E-state index in [0.29, 0.717) is 35.3 Å². The molecule has 1 fully saturated rings. The van der Waals surface area contributed by atoms with Crippen molar-refractivity contribution in [2.75, 3.05) is 47.9 Å². The number of hydrogen-bond acceptors (Lipinski definition) is 14. The van der Waals surface area contributed by atoms with E-state index in [1.54, 1.807) is 35.7 Å². The molecule has 8 nitrogen and oxygen atoms in total. The smallest absolute Gasteiger partial charge is 0.211 e. The molecular formula is C16H20N4O4S6. The maximum absolute atomic E-state index is 10.4. The third-order valence-corrected chi connectivity index (χ3v) is 12.5. The lowest BCUT2D eigenvalue weighted by Gasteiger charge is -2.28. The molecule has 0 aromatic rings. The van der Waals surface area contributed by atoms with Gasteiger partial charge < -0.3 is 0 Å². The van der Waals surface area contributed by atoms with E-state index >= 15 is 0 Å². The molecule has 0 N–H and O–H groups in total. The summed E-state index contributed by atoms with van der Waals surface area (Å²) in [6.07, 6.45) is 6.14.